The predicted octanol–water partition coefficient (Wildman–Crippen LogP) is 4.59. The Kier molecular flexibility index (Phi) is 6.35. The van der Waals surface area contributed by atoms with Gasteiger partial charge < -0.3 is 19.3 Å². The van der Waals surface area contributed by atoms with E-state index in [0.717, 1.165) is 37.2 Å². The molecule has 2 aromatic rings. The highest BCUT2D eigenvalue weighted by molar-refractivity contribution is 5.76. The van der Waals surface area contributed by atoms with Gasteiger partial charge in [0.05, 0.1) is 12.7 Å². The second-order valence-electron chi connectivity index (χ2n) is 10.0. The molecule has 7 heteroatoms. The third-order valence-electron chi connectivity index (χ3n) is 6.46. The van der Waals surface area contributed by atoms with Gasteiger partial charge in [0.15, 0.2) is 11.6 Å². The van der Waals surface area contributed by atoms with Gasteiger partial charge in [0.1, 0.15) is 17.6 Å². The quantitative estimate of drug-likeness (QED) is 0.628. The van der Waals surface area contributed by atoms with Gasteiger partial charge in [-0.3, -0.25) is 0 Å². The minimum atomic E-state index is -0.392. The standard InChI is InChI=1S/C25H33FN4O2/c1-17(13-18(2)31)19-5-7-20(8-6-19)32-21-9-11-29(15-21)23-22(26)14-27-24(28-23)30-12-10-25(3,4)16-30/h5-8,14,17,21H,9-13,15-16H2,1-4H3/t17-,21-/m1/s1. The molecule has 0 bridgehead atoms. The summed E-state index contributed by atoms with van der Waals surface area (Å²) in [6.45, 7) is 11.2. The van der Waals surface area contributed by atoms with Crippen LogP contribution in [0.2, 0.25) is 0 Å². The van der Waals surface area contributed by atoms with Crippen LogP contribution in [0.1, 0.15) is 58.4 Å². The van der Waals surface area contributed by atoms with E-state index >= 15 is 0 Å². The van der Waals surface area contributed by atoms with Crippen LogP contribution in [0.25, 0.3) is 0 Å². The maximum atomic E-state index is 14.6. The molecule has 6 nitrogen and oxygen atoms in total. The lowest BCUT2D eigenvalue weighted by molar-refractivity contribution is -0.117. The van der Waals surface area contributed by atoms with E-state index in [1.165, 1.54) is 6.20 Å². The number of carbonyl (C=O) groups excluding carboxylic acids is 1. The molecule has 2 saturated heterocycles. The van der Waals surface area contributed by atoms with Crippen molar-refractivity contribution in [2.75, 3.05) is 36.0 Å². The molecule has 0 saturated carbocycles. The van der Waals surface area contributed by atoms with E-state index < -0.39 is 5.82 Å². The number of anilines is 2. The molecule has 3 heterocycles. The highest BCUT2D eigenvalue weighted by Gasteiger charge is 2.32. The second kappa shape index (κ2) is 9.04. The van der Waals surface area contributed by atoms with Crippen molar-refractivity contribution in [2.45, 2.75) is 59.0 Å². The number of halogens is 1. The van der Waals surface area contributed by atoms with Crippen LogP contribution < -0.4 is 14.5 Å². The number of ether oxygens (including phenoxy) is 1. The van der Waals surface area contributed by atoms with Gasteiger partial charge in [-0.15, -0.1) is 0 Å². The minimum absolute atomic E-state index is 0.0287. The van der Waals surface area contributed by atoms with Gasteiger partial charge in [0, 0.05) is 32.5 Å². The number of hydrogen-bond donors (Lipinski definition) is 0. The summed E-state index contributed by atoms with van der Waals surface area (Å²) in [5, 5.41) is 0. The number of aromatic nitrogens is 2. The SMILES string of the molecule is CC(=O)C[C@@H](C)c1ccc(O[C@@H]2CCN(c3nc(N4CCC(C)(C)C4)ncc3F)C2)cc1. The number of rotatable bonds is 7. The van der Waals surface area contributed by atoms with Crippen molar-refractivity contribution >= 4 is 17.5 Å². The molecule has 0 spiro atoms. The van der Waals surface area contributed by atoms with Crippen LogP contribution >= 0.6 is 0 Å². The summed E-state index contributed by atoms with van der Waals surface area (Å²) >= 11 is 0. The molecule has 2 aliphatic heterocycles. The van der Waals surface area contributed by atoms with E-state index in [0.29, 0.717) is 31.3 Å². The molecule has 32 heavy (non-hydrogen) atoms. The monoisotopic (exact) mass is 440 g/mol. The Bertz CT molecular complexity index is 963. The van der Waals surface area contributed by atoms with Crippen molar-refractivity contribution in [3.63, 3.8) is 0 Å². The zero-order chi connectivity index (χ0) is 22.9. The van der Waals surface area contributed by atoms with Gasteiger partial charge in [-0.05, 0) is 42.4 Å². The minimum Gasteiger partial charge on any atom is -0.489 e. The largest absolute Gasteiger partial charge is 0.489 e. The Hall–Kier alpha value is -2.70. The second-order valence-corrected chi connectivity index (χ2v) is 10.0. The molecule has 2 atom stereocenters. The molecular weight excluding hydrogens is 407 g/mol. The Morgan fingerprint density at radius 1 is 1.25 bits per heavy atom. The fourth-order valence-electron chi connectivity index (χ4n) is 4.64. The molecule has 0 aliphatic carbocycles. The number of carbonyl (C=O) groups is 1. The van der Waals surface area contributed by atoms with Crippen molar-refractivity contribution in [1.29, 1.82) is 0 Å². The molecule has 172 valence electrons. The Balaban J connectivity index is 1.38. The van der Waals surface area contributed by atoms with Crippen LogP contribution in [-0.4, -0.2) is 48.0 Å². The zero-order valence-corrected chi connectivity index (χ0v) is 19.5. The summed E-state index contributed by atoms with van der Waals surface area (Å²) in [5.74, 6) is 1.75. The van der Waals surface area contributed by atoms with Crippen LogP contribution in [-0.2, 0) is 4.79 Å². The first-order valence-electron chi connectivity index (χ1n) is 11.5. The first-order chi connectivity index (χ1) is 15.2. The molecular formula is C25H33FN4O2. The average Bonchev–Trinajstić information content (AvgIpc) is 3.34. The van der Waals surface area contributed by atoms with Gasteiger partial charge >= 0.3 is 0 Å². The lowest BCUT2D eigenvalue weighted by Gasteiger charge is -2.23. The van der Waals surface area contributed by atoms with Gasteiger partial charge in [-0.1, -0.05) is 32.9 Å². The summed E-state index contributed by atoms with van der Waals surface area (Å²) in [6.07, 6.45) is 3.68. The molecule has 2 aliphatic rings. The molecule has 4 rings (SSSR count). The van der Waals surface area contributed by atoms with E-state index in [-0.39, 0.29) is 23.2 Å². The number of Topliss-reactive ketones (excluding diaryl/α,β-unsaturated/α-hetero) is 1. The number of ketones is 1. The molecule has 2 fully saturated rings. The molecule has 0 N–H and O–H groups in total. The van der Waals surface area contributed by atoms with E-state index in [1.807, 2.05) is 29.2 Å². The summed E-state index contributed by atoms with van der Waals surface area (Å²) in [5.41, 5.74) is 1.35. The van der Waals surface area contributed by atoms with Crippen molar-refractivity contribution in [1.82, 2.24) is 9.97 Å². The van der Waals surface area contributed by atoms with E-state index in [9.17, 15) is 9.18 Å². The summed E-state index contributed by atoms with van der Waals surface area (Å²) in [6, 6.07) is 7.94. The van der Waals surface area contributed by atoms with Gasteiger partial charge in [-0.2, -0.15) is 4.98 Å². The van der Waals surface area contributed by atoms with Gasteiger partial charge in [0.25, 0.3) is 0 Å². The van der Waals surface area contributed by atoms with Crippen molar-refractivity contribution < 1.29 is 13.9 Å². The highest BCUT2D eigenvalue weighted by Crippen LogP contribution is 2.32. The Morgan fingerprint density at radius 3 is 2.66 bits per heavy atom. The van der Waals surface area contributed by atoms with E-state index in [2.05, 4.69) is 35.6 Å². The van der Waals surface area contributed by atoms with Gasteiger partial charge in [-0.25, -0.2) is 9.37 Å². The maximum absolute atomic E-state index is 14.6. The average molecular weight is 441 g/mol. The Morgan fingerprint density at radius 2 is 2.00 bits per heavy atom. The van der Waals surface area contributed by atoms with Gasteiger partial charge in [0.2, 0.25) is 5.95 Å². The van der Waals surface area contributed by atoms with Crippen LogP contribution in [0.3, 0.4) is 0 Å². The van der Waals surface area contributed by atoms with Crippen molar-refractivity contribution in [3.05, 3.63) is 41.8 Å². The fourth-order valence-corrected chi connectivity index (χ4v) is 4.64. The molecule has 1 aromatic carbocycles. The molecule has 0 radical (unpaired) electrons. The van der Waals surface area contributed by atoms with E-state index in [1.54, 1.807) is 6.92 Å². The lowest BCUT2D eigenvalue weighted by atomic mass is 9.93. The molecule has 0 amide bonds. The van der Waals surface area contributed by atoms with Crippen LogP contribution in [0.4, 0.5) is 16.2 Å². The molecule has 0 unspecified atom stereocenters. The lowest BCUT2D eigenvalue weighted by Crippen LogP contribution is -2.28. The highest BCUT2D eigenvalue weighted by atomic mass is 19.1. The predicted molar refractivity (Wildman–Crippen MR) is 124 cm³/mol. The number of nitrogens with zero attached hydrogens (tertiary/aromatic N) is 4. The maximum Gasteiger partial charge on any atom is 0.227 e. The van der Waals surface area contributed by atoms with Crippen LogP contribution in [0.15, 0.2) is 30.5 Å². The summed E-state index contributed by atoms with van der Waals surface area (Å²) in [7, 11) is 0. The van der Waals surface area contributed by atoms with Crippen molar-refractivity contribution in [3.8, 4) is 5.75 Å². The topological polar surface area (TPSA) is 58.6 Å². The van der Waals surface area contributed by atoms with Crippen molar-refractivity contribution in [2.24, 2.45) is 5.41 Å². The fraction of sp³-hybridized carbons (Fsp3) is 0.560. The summed E-state index contributed by atoms with van der Waals surface area (Å²) in [4.78, 5) is 24.3. The number of benzene rings is 1. The zero-order valence-electron chi connectivity index (χ0n) is 19.5. The summed E-state index contributed by atoms with van der Waals surface area (Å²) < 4.78 is 20.7. The third kappa shape index (κ3) is 5.19. The smallest absolute Gasteiger partial charge is 0.227 e. The molecule has 1 aromatic heterocycles. The Labute approximate surface area is 189 Å². The van der Waals surface area contributed by atoms with Crippen LogP contribution in [0.5, 0.6) is 5.75 Å². The normalized spacial score (nSPS) is 21.1. The van der Waals surface area contributed by atoms with E-state index in [4.69, 9.17) is 4.74 Å². The first kappa shape index (κ1) is 22.5. The third-order valence-corrected chi connectivity index (χ3v) is 6.46. The van der Waals surface area contributed by atoms with Crippen LogP contribution in [0, 0.1) is 11.2 Å². The first-order valence-corrected chi connectivity index (χ1v) is 11.5. The number of hydrogen-bond acceptors (Lipinski definition) is 6.